The van der Waals surface area contributed by atoms with Crippen LogP contribution in [0.5, 0.6) is 5.75 Å². The van der Waals surface area contributed by atoms with Gasteiger partial charge < -0.3 is 39.1 Å². The zero-order valence-electron chi connectivity index (χ0n) is 29.0. The molecule has 0 aliphatic heterocycles. The zero-order chi connectivity index (χ0) is 34.9. The third-order valence-electron chi connectivity index (χ3n) is 7.55. The summed E-state index contributed by atoms with van der Waals surface area (Å²) in [5.74, 6) is 0.379. The van der Waals surface area contributed by atoms with Crippen molar-refractivity contribution in [1.82, 2.24) is 4.90 Å². The number of carbonyl (C=O) groups is 2. The summed E-state index contributed by atoms with van der Waals surface area (Å²) in [6, 6.07) is 29.2. The Morgan fingerprint density at radius 2 is 1.02 bits per heavy atom. The number of benzene rings is 3. The molecule has 0 aliphatic carbocycles. The lowest BCUT2D eigenvalue weighted by molar-refractivity contribution is -0.131. The van der Waals surface area contributed by atoms with Crippen LogP contribution in [0, 0.1) is 0 Å². The van der Waals surface area contributed by atoms with Gasteiger partial charge in [0, 0.05) is 13.5 Å². The quantitative estimate of drug-likeness (QED) is 0.0906. The van der Waals surface area contributed by atoms with Crippen LogP contribution in [-0.4, -0.2) is 103 Å². The first-order valence-corrected chi connectivity index (χ1v) is 17.0. The number of primary amides is 1. The number of allylic oxidation sites excluding steroid dienone is 1. The molecule has 0 heterocycles. The number of nitrogens with zero attached hydrogens (tertiary/aromatic N) is 1. The number of likely N-dealkylation sites (N-methyl/N-ethyl adjacent to an activating group) is 1. The molecular weight excluding hydrogens is 624 g/mol. The molecule has 49 heavy (non-hydrogen) atoms. The predicted octanol–water partition coefficient (Wildman–Crippen LogP) is 5.24. The molecule has 3 aromatic rings. The number of hydrogen-bond acceptors (Lipinski definition) is 8. The predicted molar refractivity (Wildman–Crippen MR) is 191 cm³/mol. The fourth-order valence-electron chi connectivity index (χ4n) is 4.93. The maximum absolute atomic E-state index is 12.5. The molecule has 0 fully saturated rings. The highest BCUT2D eigenvalue weighted by Gasteiger charge is 2.13. The highest BCUT2D eigenvalue weighted by Crippen LogP contribution is 2.34. The van der Waals surface area contributed by atoms with Gasteiger partial charge in [-0.1, -0.05) is 79.7 Å². The third kappa shape index (κ3) is 15.8. The van der Waals surface area contributed by atoms with Crippen molar-refractivity contribution < 1.29 is 38.0 Å². The maximum Gasteiger partial charge on any atom is 0.224 e. The van der Waals surface area contributed by atoms with Crippen molar-refractivity contribution in [2.24, 2.45) is 5.73 Å². The normalized spacial score (nSPS) is 11.6. The molecule has 0 saturated carbocycles. The minimum atomic E-state index is -0.380. The number of nitrogens with two attached hydrogens (primary N) is 1. The van der Waals surface area contributed by atoms with Crippen molar-refractivity contribution >= 4 is 23.0 Å². The average molecular weight is 677 g/mol. The number of hydrogen-bond donors (Lipinski definition) is 1. The smallest absolute Gasteiger partial charge is 0.224 e. The van der Waals surface area contributed by atoms with E-state index in [1.54, 1.807) is 11.9 Å². The fraction of sp³-hybridized carbons (Fsp3) is 0.436. The molecule has 0 bridgehead atoms. The van der Waals surface area contributed by atoms with E-state index in [0.29, 0.717) is 85.6 Å². The van der Waals surface area contributed by atoms with Crippen LogP contribution in [0.15, 0.2) is 84.9 Å². The van der Waals surface area contributed by atoms with Gasteiger partial charge in [0.05, 0.1) is 79.0 Å². The van der Waals surface area contributed by atoms with Crippen LogP contribution in [0.1, 0.15) is 42.9 Å². The lowest BCUT2D eigenvalue weighted by atomic mass is 9.88. The highest BCUT2D eigenvalue weighted by atomic mass is 16.6. The Balaban J connectivity index is 1.26. The number of ether oxygens (including phenoxy) is 6. The largest absolute Gasteiger partial charge is 0.492 e. The summed E-state index contributed by atoms with van der Waals surface area (Å²) >= 11 is 0. The zero-order valence-corrected chi connectivity index (χ0v) is 29.0. The van der Waals surface area contributed by atoms with E-state index in [1.165, 1.54) is 22.3 Å². The van der Waals surface area contributed by atoms with Crippen molar-refractivity contribution in [3.63, 3.8) is 0 Å². The second kappa shape index (κ2) is 24.1. The van der Waals surface area contributed by atoms with Gasteiger partial charge >= 0.3 is 0 Å². The van der Waals surface area contributed by atoms with E-state index in [9.17, 15) is 9.59 Å². The molecule has 0 saturated heterocycles. The van der Waals surface area contributed by atoms with Crippen LogP contribution >= 0.6 is 0 Å². The fourth-order valence-corrected chi connectivity index (χ4v) is 4.93. The van der Waals surface area contributed by atoms with Gasteiger partial charge in [0.15, 0.2) is 0 Å². The monoisotopic (exact) mass is 676 g/mol. The first-order valence-electron chi connectivity index (χ1n) is 17.0. The molecule has 0 spiro atoms. The maximum atomic E-state index is 12.5. The van der Waals surface area contributed by atoms with Crippen molar-refractivity contribution in [2.45, 2.75) is 26.2 Å². The molecule has 10 heteroatoms. The van der Waals surface area contributed by atoms with Crippen molar-refractivity contribution in [3.8, 4) is 5.75 Å². The highest BCUT2D eigenvalue weighted by molar-refractivity contribution is 5.98. The third-order valence-corrected chi connectivity index (χ3v) is 7.55. The Bertz CT molecular complexity index is 1370. The molecule has 3 rings (SSSR count). The number of carbonyl (C=O) groups excluding carboxylic acids is 2. The number of amides is 2. The van der Waals surface area contributed by atoms with Crippen molar-refractivity contribution in [3.05, 3.63) is 102 Å². The van der Waals surface area contributed by atoms with E-state index in [1.807, 2.05) is 24.3 Å². The van der Waals surface area contributed by atoms with Gasteiger partial charge in [-0.3, -0.25) is 9.59 Å². The Hall–Kier alpha value is -4.06. The Labute approximate surface area is 291 Å². The van der Waals surface area contributed by atoms with E-state index >= 15 is 0 Å². The molecule has 0 aliphatic rings. The van der Waals surface area contributed by atoms with Crippen LogP contribution in [0.2, 0.25) is 0 Å². The van der Waals surface area contributed by atoms with Gasteiger partial charge in [-0.05, 0) is 46.4 Å². The lowest BCUT2D eigenvalue weighted by Gasteiger charge is -2.18. The summed E-state index contributed by atoms with van der Waals surface area (Å²) in [6.07, 6.45) is 1.41. The van der Waals surface area contributed by atoms with Gasteiger partial charge in [0.1, 0.15) is 12.4 Å². The summed E-state index contributed by atoms with van der Waals surface area (Å²) in [4.78, 5) is 24.8. The number of rotatable bonds is 26. The standard InChI is InChI=1S/C39H52N2O8/c1-3-36(32-10-6-4-7-11-32)39(33-12-8-5-9-13-33)34-14-16-35(17-15-34)49-23-20-41(2)38(43)19-22-45-25-27-47-29-31-48-30-28-46-26-24-44-21-18-37(40)42/h4-17H,3,18-31H2,1-2H3,(H2,40,42)/b39-36-. The van der Waals surface area contributed by atoms with Crippen LogP contribution in [0.25, 0.3) is 11.1 Å². The molecule has 0 aromatic heterocycles. The summed E-state index contributed by atoms with van der Waals surface area (Å²) in [7, 11) is 1.77. The topological polar surface area (TPSA) is 119 Å². The van der Waals surface area contributed by atoms with E-state index < -0.39 is 0 Å². The molecule has 0 radical (unpaired) electrons. The van der Waals surface area contributed by atoms with Crippen LogP contribution in [0.3, 0.4) is 0 Å². The SMILES string of the molecule is CC/C(=C(\c1ccccc1)c1ccc(OCCN(C)C(=O)CCOCCOCCOCCOCCOCCC(N)=O)cc1)c1ccccc1. The molecule has 2 amide bonds. The Kier molecular flexibility index (Phi) is 19.4. The summed E-state index contributed by atoms with van der Waals surface area (Å²) in [6.45, 7) is 7.17. The molecule has 0 unspecified atom stereocenters. The van der Waals surface area contributed by atoms with Gasteiger partial charge in [0.25, 0.3) is 0 Å². The first-order chi connectivity index (χ1) is 24.0. The minimum absolute atomic E-state index is 0.00152. The van der Waals surface area contributed by atoms with E-state index in [2.05, 4.69) is 67.6 Å². The van der Waals surface area contributed by atoms with Crippen molar-refractivity contribution in [2.75, 3.05) is 86.3 Å². The first kappa shape index (κ1) is 39.4. The molecule has 3 aromatic carbocycles. The van der Waals surface area contributed by atoms with Crippen LogP contribution < -0.4 is 10.5 Å². The Morgan fingerprint density at radius 1 is 0.571 bits per heavy atom. The van der Waals surface area contributed by atoms with E-state index in [-0.39, 0.29) is 18.2 Å². The molecule has 0 atom stereocenters. The van der Waals surface area contributed by atoms with E-state index in [4.69, 9.17) is 34.2 Å². The van der Waals surface area contributed by atoms with Crippen molar-refractivity contribution in [1.29, 1.82) is 0 Å². The summed E-state index contributed by atoms with van der Waals surface area (Å²) in [5, 5.41) is 0. The lowest BCUT2D eigenvalue weighted by Crippen LogP contribution is -2.31. The molecular formula is C39H52N2O8. The molecule has 10 nitrogen and oxygen atoms in total. The van der Waals surface area contributed by atoms with E-state index in [0.717, 1.165) is 17.7 Å². The van der Waals surface area contributed by atoms with Gasteiger partial charge in [0.2, 0.25) is 11.8 Å². The molecule has 2 N–H and O–H groups in total. The van der Waals surface area contributed by atoms with Crippen LogP contribution in [-0.2, 0) is 33.3 Å². The second-order valence-electron chi connectivity index (χ2n) is 11.2. The van der Waals surface area contributed by atoms with Gasteiger partial charge in [-0.25, -0.2) is 0 Å². The van der Waals surface area contributed by atoms with Gasteiger partial charge in [-0.15, -0.1) is 0 Å². The minimum Gasteiger partial charge on any atom is -0.492 e. The Morgan fingerprint density at radius 3 is 1.51 bits per heavy atom. The second-order valence-corrected chi connectivity index (χ2v) is 11.2. The average Bonchev–Trinajstić information content (AvgIpc) is 3.12. The van der Waals surface area contributed by atoms with Gasteiger partial charge in [-0.2, -0.15) is 0 Å². The van der Waals surface area contributed by atoms with Crippen LogP contribution in [0.4, 0.5) is 0 Å². The summed E-state index contributed by atoms with van der Waals surface area (Å²) in [5.41, 5.74) is 11.1. The molecule has 266 valence electrons. The summed E-state index contributed by atoms with van der Waals surface area (Å²) < 4.78 is 33.1.